The largest absolute Gasteiger partial charge is 1.00 e. The van der Waals surface area contributed by atoms with Crippen LogP contribution in [0.2, 0.25) is 0 Å². The molecule has 6 nitrogen and oxygen atoms in total. The molecule has 1 heterocycles. The molecule has 0 bridgehead atoms. The summed E-state index contributed by atoms with van der Waals surface area (Å²) in [6, 6.07) is 14.5. The van der Waals surface area contributed by atoms with Crippen molar-refractivity contribution in [2.75, 3.05) is 0 Å². The fourth-order valence-corrected chi connectivity index (χ4v) is 2.23. The zero-order valence-corrected chi connectivity index (χ0v) is 12.1. The van der Waals surface area contributed by atoms with E-state index in [2.05, 4.69) is 5.21 Å². The lowest BCUT2D eigenvalue weighted by molar-refractivity contribution is -0.709. The summed E-state index contributed by atoms with van der Waals surface area (Å²) in [5, 5.41) is 15.1. The maximum atomic E-state index is 10.6. The third-order valence-corrected chi connectivity index (χ3v) is 3.23. The van der Waals surface area contributed by atoms with Crippen molar-refractivity contribution in [3.63, 3.8) is 0 Å². The number of rotatable bonds is 3. The van der Waals surface area contributed by atoms with E-state index in [1.54, 1.807) is 12.1 Å². The average Bonchev–Trinajstić information content (AvgIpc) is 2.77. The highest BCUT2D eigenvalue weighted by Gasteiger charge is 2.15. The molecule has 0 fully saturated rings. The molecule has 0 aliphatic carbocycles. The molecule has 0 N–H and O–H groups in total. The van der Waals surface area contributed by atoms with Gasteiger partial charge in [-0.15, -0.1) is 9.36 Å². The number of halogens is 1. The minimum Gasteiger partial charge on any atom is -1.00 e. The molecule has 0 spiro atoms. The topological polar surface area (TPSA) is 64.8 Å². The van der Waals surface area contributed by atoms with Crippen LogP contribution in [-0.2, 0) is 13.6 Å². The Bertz CT molecular complexity index is 783. The van der Waals surface area contributed by atoms with Gasteiger partial charge >= 0.3 is 0 Å². The van der Waals surface area contributed by atoms with E-state index in [0.29, 0.717) is 6.54 Å². The van der Waals surface area contributed by atoms with E-state index in [4.69, 9.17) is 0 Å². The van der Waals surface area contributed by atoms with Crippen molar-refractivity contribution in [1.29, 1.82) is 0 Å². The molecule has 2 aromatic carbocycles. The number of nitrogens with zero attached hydrogens (tertiary/aromatic N) is 4. The Kier molecular flexibility index (Phi) is 4.18. The van der Waals surface area contributed by atoms with Crippen molar-refractivity contribution in [3.05, 3.63) is 64.2 Å². The first-order valence-corrected chi connectivity index (χ1v) is 6.20. The summed E-state index contributed by atoms with van der Waals surface area (Å²) in [5.74, 6) is 0. The summed E-state index contributed by atoms with van der Waals surface area (Å²) in [6.45, 7) is 0.583. The lowest BCUT2D eigenvalue weighted by Gasteiger charge is -1.97. The number of nitro benzene ring substituents is 1. The standard InChI is InChI=1S/C14H13N4O2.ClH/c1-16-13-4-2-3-5-14(13)17(15-16)10-11-6-8-12(9-7-11)18(19)20;/h2-9H,10H2,1H3;1H/q+1;/p-1. The van der Waals surface area contributed by atoms with Gasteiger partial charge in [0.25, 0.3) is 5.69 Å². The van der Waals surface area contributed by atoms with Crippen LogP contribution < -0.4 is 17.1 Å². The monoisotopic (exact) mass is 304 g/mol. The van der Waals surface area contributed by atoms with Gasteiger partial charge in [0.2, 0.25) is 0 Å². The van der Waals surface area contributed by atoms with E-state index in [-0.39, 0.29) is 18.1 Å². The summed E-state index contributed by atoms with van der Waals surface area (Å²) in [7, 11) is 1.90. The fraction of sp³-hybridized carbons (Fsp3) is 0.143. The third-order valence-electron chi connectivity index (χ3n) is 3.23. The van der Waals surface area contributed by atoms with E-state index in [0.717, 1.165) is 16.6 Å². The second-order valence-electron chi connectivity index (χ2n) is 4.58. The third kappa shape index (κ3) is 2.85. The highest BCUT2D eigenvalue weighted by atomic mass is 35.5. The minimum atomic E-state index is -0.396. The zero-order valence-electron chi connectivity index (χ0n) is 11.3. The van der Waals surface area contributed by atoms with E-state index >= 15 is 0 Å². The summed E-state index contributed by atoms with van der Waals surface area (Å²) in [4.78, 5) is 10.2. The number of aryl methyl sites for hydroxylation is 1. The van der Waals surface area contributed by atoms with Crippen molar-refractivity contribution in [2.45, 2.75) is 6.54 Å². The maximum absolute atomic E-state index is 10.6. The first-order chi connectivity index (χ1) is 9.65. The first-order valence-electron chi connectivity index (χ1n) is 6.20. The molecule has 21 heavy (non-hydrogen) atoms. The SMILES string of the molecule is C[n+]1nn(Cc2ccc([N+](=O)[O-])cc2)c2ccccc21.[Cl-]. The highest BCUT2D eigenvalue weighted by Crippen LogP contribution is 2.14. The number of aromatic nitrogens is 3. The number of para-hydroxylation sites is 2. The second kappa shape index (κ2) is 5.88. The normalized spacial score (nSPS) is 10.3. The van der Waals surface area contributed by atoms with Crippen LogP contribution in [0.4, 0.5) is 5.69 Å². The number of hydrogen-bond donors (Lipinski definition) is 0. The molecule has 0 saturated carbocycles. The van der Waals surface area contributed by atoms with Gasteiger partial charge in [-0.3, -0.25) is 10.1 Å². The van der Waals surface area contributed by atoms with Crippen molar-refractivity contribution >= 4 is 16.7 Å². The molecule has 0 aliphatic rings. The van der Waals surface area contributed by atoms with Gasteiger partial charge < -0.3 is 12.4 Å². The Morgan fingerprint density at radius 2 is 1.86 bits per heavy atom. The van der Waals surface area contributed by atoms with Gasteiger partial charge in [-0.2, -0.15) is 0 Å². The Hall–Kier alpha value is -2.47. The summed E-state index contributed by atoms with van der Waals surface area (Å²) < 4.78 is 3.71. The van der Waals surface area contributed by atoms with Crippen molar-refractivity contribution in [1.82, 2.24) is 9.90 Å². The van der Waals surface area contributed by atoms with Gasteiger partial charge in [-0.05, 0) is 29.8 Å². The van der Waals surface area contributed by atoms with Gasteiger partial charge in [0, 0.05) is 12.1 Å². The minimum absolute atomic E-state index is 0. The van der Waals surface area contributed by atoms with E-state index in [1.165, 1.54) is 12.1 Å². The summed E-state index contributed by atoms with van der Waals surface area (Å²) >= 11 is 0. The molecule has 3 aromatic rings. The lowest BCUT2D eigenvalue weighted by atomic mass is 10.2. The molecule has 0 amide bonds. The predicted octanol–water partition coefficient (Wildman–Crippen LogP) is -1.18. The van der Waals surface area contributed by atoms with Crippen LogP contribution in [0.15, 0.2) is 48.5 Å². The predicted molar refractivity (Wildman–Crippen MR) is 73.1 cm³/mol. The molecular formula is C14H13ClN4O2. The van der Waals surface area contributed by atoms with Gasteiger partial charge in [0.05, 0.1) is 10.1 Å². The summed E-state index contributed by atoms with van der Waals surface area (Å²) in [5.41, 5.74) is 3.16. The summed E-state index contributed by atoms with van der Waals surface area (Å²) in [6.07, 6.45) is 0. The smallest absolute Gasteiger partial charge is 0.269 e. The Morgan fingerprint density at radius 3 is 2.52 bits per heavy atom. The maximum Gasteiger partial charge on any atom is 0.269 e. The van der Waals surface area contributed by atoms with Crippen molar-refractivity contribution < 1.29 is 22.0 Å². The van der Waals surface area contributed by atoms with Gasteiger partial charge in [-0.1, -0.05) is 12.1 Å². The second-order valence-corrected chi connectivity index (χ2v) is 4.58. The molecule has 108 valence electrons. The van der Waals surface area contributed by atoms with E-state index in [9.17, 15) is 10.1 Å². The van der Waals surface area contributed by atoms with Crippen LogP contribution >= 0.6 is 0 Å². The van der Waals surface area contributed by atoms with Gasteiger partial charge in [0.1, 0.15) is 13.6 Å². The Labute approximate surface area is 127 Å². The van der Waals surface area contributed by atoms with Crippen LogP contribution in [0, 0.1) is 10.1 Å². The number of benzene rings is 2. The molecule has 7 heteroatoms. The van der Waals surface area contributed by atoms with E-state index < -0.39 is 4.92 Å². The molecule has 3 rings (SSSR count). The van der Waals surface area contributed by atoms with Gasteiger partial charge in [-0.25, -0.2) is 0 Å². The van der Waals surface area contributed by atoms with Gasteiger partial charge in [0.15, 0.2) is 11.0 Å². The average molecular weight is 305 g/mol. The number of nitro groups is 1. The fourth-order valence-electron chi connectivity index (χ4n) is 2.23. The number of hydrogen-bond acceptors (Lipinski definition) is 3. The van der Waals surface area contributed by atoms with E-state index in [1.807, 2.05) is 40.7 Å². The number of non-ortho nitro benzene ring substituents is 1. The van der Waals surface area contributed by atoms with Crippen molar-refractivity contribution in [2.24, 2.45) is 7.05 Å². The van der Waals surface area contributed by atoms with Crippen LogP contribution in [0.5, 0.6) is 0 Å². The van der Waals surface area contributed by atoms with Crippen molar-refractivity contribution in [3.8, 4) is 0 Å². The quantitative estimate of drug-likeness (QED) is 0.348. The molecule has 0 atom stereocenters. The molecule has 0 unspecified atom stereocenters. The van der Waals surface area contributed by atoms with Crippen LogP contribution in [0.1, 0.15) is 5.56 Å². The molecule has 0 aliphatic heterocycles. The Balaban J connectivity index is 0.00000161. The van der Waals surface area contributed by atoms with Crippen LogP contribution in [0.3, 0.4) is 0 Å². The van der Waals surface area contributed by atoms with Crippen LogP contribution in [0.25, 0.3) is 11.0 Å². The Morgan fingerprint density at radius 1 is 1.19 bits per heavy atom. The molecular weight excluding hydrogens is 292 g/mol. The first kappa shape index (κ1) is 14.9. The van der Waals surface area contributed by atoms with Crippen LogP contribution in [-0.4, -0.2) is 14.8 Å². The molecule has 0 radical (unpaired) electrons. The lowest BCUT2D eigenvalue weighted by Crippen LogP contribution is -3.00. The highest BCUT2D eigenvalue weighted by molar-refractivity contribution is 5.70. The zero-order chi connectivity index (χ0) is 14.1. The molecule has 0 saturated heterocycles. The number of fused-ring (bicyclic) bond motifs is 1. The molecule has 1 aromatic heterocycles.